The first-order valence-corrected chi connectivity index (χ1v) is 8.47. The van der Waals surface area contributed by atoms with E-state index in [0.717, 1.165) is 35.7 Å². The van der Waals surface area contributed by atoms with Crippen molar-refractivity contribution in [1.29, 1.82) is 0 Å². The van der Waals surface area contributed by atoms with Crippen molar-refractivity contribution in [3.8, 4) is 0 Å². The summed E-state index contributed by atoms with van der Waals surface area (Å²) in [6.45, 7) is 1.59. The normalized spacial score (nSPS) is 12.2. The molecule has 0 radical (unpaired) electrons. The van der Waals surface area contributed by atoms with E-state index in [2.05, 4.69) is 35.4 Å². The highest BCUT2D eigenvalue weighted by atomic mass is 35.5. The minimum atomic E-state index is 0.0419. The van der Waals surface area contributed by atoms with Crippen molar-refractivity contribution in [2.24, 2.45) is 0 Å². The van der Waals surface area contributed by atoms with Crippen molar-refractivity contribution in [2.75, 3.05) is 32.6 Å². The number of methoxy groups -OCH3 is 1. The molecule has 1 unspecified atom stereocenters. The van der Waals surface area contributed by atoms with E-state index in [1.807, 2.05) is 37.4 Å². The molecule has 0 fully saturated rings. The Morgan fingerprint density at radius 1 is 1.17 bits per heavy atom. The monoisotopic (exact) mass is 350 g/mol. The first kappa shape index (κ1) is 18.1. The molecule has 0 aliphatic heterocycles. The standard InChI is InChI=1S/C18H23ClN2OS/c1-20-16-7-4-3-6-14(16)18(21-10-5-11-22-2)15-9-8-13(19)12-17(15)23/h3-4,6-9,12,18,20-21,23H,5,10-11H2,1-2H3. The number of halogens is 1. The van der Waals surface area contributed by atoms with Gasteiger partial charge < -0.3 is 15.4 Å². The first-order chi connectivity index (χ1) is 11.2. The van der Waals surface area contributed by atoms with E-state index in [1.165, 1.54) is 5.56 Å². The van der Waals surface area contributed by atoms with E-state index in [0.29, 0.717) is 5.02 Å². The Bertz CT molecular complexity index is 636. The number of anilines is 1. The fourth-order valence-electron chi connectivity index (χ4n) is 2.59. The zero-order chi connectivity index (χ0) is 16.7. The highest BCUT2D eigenvalue weighted by Crippen LogP contribution is 2.33. The fraction of sp³-hybridized carbons (Fsp3) is 0.333. The van der Waals surface area contributed by atoms with E-state index in [4.69, 9.17) is 16.3 Å². The van der Waals surface area contributed by atoms with Crippen molar-refractivity contribution in [2.45, 2.75) is 17.4 Å². The predicted octanol–water partition coefficient (Wildman–Crippen LogP) is 4.39. The molecule has 3 nitrogen and oxygen atoms in total. The van der Waals surface area contributed by atoms with Gasteiger partial charge in [0.15, 0.2) is 0 Å². The van der Waals surface area contributed by atoms with Gasteiger partial charge in [0, 0.05) is 36.4 Å². The summed E-state index contributed by atoms with van der Waals surface area (Å²) in [6.07, 6.45) is 0.949. The van der Waals surface area contributed by atoms with Gasteiger partial charge in [0.2, 0.25) is 0 Å². The Hall–Kier alpha value is -1.20. The fourth-order valence-corrected chi connectivity index (χ4v) is 3.18. The average Bonchev–Trinajstić information content (AvgIpc) is 2.56. The summed E-state index contributed by atoms with van der Waals surface area (Å²) in [6, 6.07) is 14.1. The predicted molar refractivity (Wildman–Crippen MR) is 101 cm³/mol. The van der Waals surface area contributed by atoms with Crippen LogP contribution in [0.3, 0.4) is 0 Å². The lowest BCUT2D eigenvalue weighted by atomic mass is 9.96. The van der Waals surface area contributed by atoms with Gasteiger partial charge in [-0.15, -0.1) is 12.6 Å². The third-order valence-electron chi connectivity index (χ3n) is 3.72. The Morgan fingerprint density at radius 2 is 1.96 bits per heavy atom. The molecule has 0 heterocycles. The number of thiol groups is 1. The molecular formula is C18H23ClN2OS. The number of benzene rings is 2. The molecule has 2 aromatic rings. The van der Waals surface area contributed by atoms with Crippen molar-refractivity contribution in [3.05, 3.63) is 58.6 Å². The summed E-state index contributed by atoms with van der Waals surface area (Å²) in [5, 5.41) is 7.57. The molecule has 0 aliphatic rings. The third kappa shape index (κ3) is 4.88. The van der Waals surface area contributed by atoms with Crippen LogP contribution in [-0.4, -0.2) is 27.3 Å². The van der Waals surface area contributed by atoms with Gasteiger partial charge in [0.05, 0.1) is 6.04 Å². The van der Waals surface area contributed by atoms with E-state index in [9.17, 15) is 0 Å². The van der Waals surface area contributed by atoms with E-state index < -0.39 is 0 Å². The van der Waals surface area contributed by atoms with Crippen LogP contribution in [0.25, 0.3) is 0 Å². The molecule has 2 N–H and O–H groups in total. The van der Waals surface area contributed by atoms with Gasteiger partial charge in [-0.2, -0.15) is 0 Å². The van der Waals surface area contributed by atoms with Crippen LogP contribution in [0, 0.1) is 0 Å². The zero-order valence-electron chi connectivity index (χ0n) is 13.5. The molecule has 0 aromatic heterocycles. The molecule has 0 aliphatic carbocycles. The van der Waals surface area contributed by atoms with Crippen LogP contribution in [0.2, 0.25) is 5.02 Å². The summed E-state index contributed by atoms with van der Waals surface area (Å²) in [7, 11) is 3.66. The van der Waals surface area contributed by atoms with Gasteiger partial charge in [0.1, 0.15) is 0 Å². The Kier molecular flexibility index (Phi) is 7.24. The number of hydrogen-bond acceptors (Lipinski definition) is 4. The molecule has 0 saturated carbocycles. The zero-order valence-corrected chi connectivity index (χ0v) is 15.1. The molecule has 5 heteroatoms. The van der Waals surface area contributed by atoms with Gasteiger partial charge in [0.25, 0.3) is 0 Å². The molecule has 0 bridgehead atoms. The van der Waals surface area contributed by atoms with Crippen molar-refractivity contribution < 1.29 is 4.74 Å². The number of ether oxygens (including phenoxy) is 1. The molecule has 0 amide bonds. The molecule has 2 aromatic carbocycles. The maximum absolute atomic E-state index is 6.07. The maximum atomic E-state index is 6.07. The molecule has 0 saturated heterocycles. The van der Waals surface area contributed by atoms with Gasteiger partial charge in [-0.25, -0.2) is 0 Å². The lowest BCUT2D eigenvalue weighted by Gasteiger charge is -2.24. The van der Waals surface area contributed by atoms with Crippen LogP contribution in [0.15, 0.2) is 47.4 Å². The lowest BCUT2D eigenvalue weighted by molar-refractivity contribution is 0.193. The highest BCUT2D eigenvalue weighted by Gasteiger charge is 2.18. The first-order valence-electron chi connectivity index (χ1n) is 7.64. The maximum Gasteiger partial charge on any atom is 0.0608 e. The smallest absolute Gasteiger partial charge is 0.0608 e. The summed E-state index contributed by atoms with van der Waals surface area (Å²) in [4.78, 5) is 0.882. The van der Waals surface area contributed by atoms with Gasteiger partial charge in [-0.3, -0.25) is 0 Å². The van der Waals surface area contributed by atoms with Crippen molar-refractivity contribution in [1.82, 2.24) is 5.32 Å². The number of rotatable bonds is 8. The lowest BCUT2D eigenvalue weighted by Crippen LogP contribution is -2.25. The van der Waals surface area contributed by atoms with E-state index in [-0.39, 0.29) is 6.04 Å². The Morgan fingerprint density at radius 3 is 2.65 bits per heavy atom. The minimum Gasteiger partial charge on any atom is -0.388 e. The van der Waals surface area contributed by atoms with Crippen LogP contribution in [0.4, 0.5) is 5.69 Å². The second-order valence-corrected chi connectivity index (χ2v) is 6.19. The topological polar surface area (TPSA) is 33.3 Å². The number of hydrogen-bond donors (Lipinski definition) is 3. The molecular weight excluding hydrogens is 328 g/mol. The average molecular weight is 351 g/mol. The van der Waals surface area contributed by atoms with E-state index >= 15 is 0 Å². The molecule has 2 rings (SSSR count). The largest absolute Gasteiger partial charge is 0.388 e. The van der Waals surface area contributed by atoms with Gasteiger partial charge in [-0.05, 0) is 42.3 Å². The summed E-state index contributed by atoms with van der Waals surface area (Å²) in [5.74, 6) is 0. The van der Waals surface area contributed by atoms with Crippen LogP contribution in [0.1, 0.15) is 23.6 Å². The SMILES string of the molecule is CNc1ccccc1C(NCCCOC)c1ccc(Cl)cc1S. The second-order valence-electron chi connectivity index (χ2n) is 5.27. The second kappa shape index (κ2) is 9.18. The third-order valence-corrected chi connectivity index (χ3v) is 4.34. The highest BCUT2D eigenvalue weighted by molar-refractivity contribution is 7.80. The van der Waals surface area contributed by atoms with Gasteiger partial charge in [-0.1, -0.05) is 35.9 Å². The van der Waals surface area contributed by atoms with Gasteiger partial charge >= 0.3 is 0 Å². The number of para-hydroxylation sites is 1. The van der Waals surface area contributed by atoms with Crippen molar-refractivity contribution in [3.63, 3.8) is 0 Å². The molecule has 1 atom stereocenters. The summed E-state index contributed by atoms with van der Waals surface area (Å²) in [5.41, 5.74) is 3.39. The Balaban J connectivity index is 2.34. The van der Waals surface area contributed by atoms with Crippen LogP contribution >= 0.6 is 24.2 Å². The summed E-state index contributed by atoms with van der Waals surface area (Å²) < 4.78 is 5.13. The molecule has 23 heavy (non-hydrogen) atoms. The summed E-state index contributed by atoms with van der Waals surface area (Å²) >= 11 is 10.7. The van der Waals surface area contributed by atoms with Crippen LogP contribution in [-0.2, 0) is 4.74 Å². The molecule has 0 spiro atoms. The Labute approximate surface area is 148 Å². The number of nitrogens with one attached hydrogen (secondary N) is 2. The van der Waals surface area contributed by atoms with Crippen LogP contribution in [0.5, 0.6) is 0 Å². The van der Waals surface area contributed by atoms with E-state index in [1.54, 1.807) is 7.11 Å². The van der Waals surface area contributed by atoms with Crippen LogP contribution < -0.4 is 10.6 Å². The molecule has 124 valence electrons. The minimum absolute atomic E-state index is 0.0419. The van der Waals surface area contributed by atoms with Crippen molar-refractivity contribution >= 4 is 29.9 Å². The quantitative estimate of drug-likeness (QED) is 0.488.